The van der Waals surface area contributed by atoms with E-state index in [0.29, 0.717) is 17.9 Å². The van der Waals surface area contributed by atoms with Crippen molar-refractivity contribution < 1.29 is 4.74 Å². The van der Waals surface area contributed by atoms with Gasteiger partial charge in [-0.25, -0.2) is 0 Å². The Morgan fingerprint density at radius 2 is 1.76 bits per heavy atom. The molecule has 0 amide bonds. The minimum absolute atomic E-state index is 0.363. The van der Waals surface area contributed by atoms with E-state index in [2.05, 4.69) is 30.1 Å². The smallest absolute Gasteiger partial charge is 0.322 e. The zero-order valence-corrected chi connectivity index (χ0v) is 12.9. The number of nitrogens with zero attached hydrogens (tertiary/aromatic N) is 5. The predicted octanol–water partition coefficient (Wildman–Crippen LogP) is 0.986. The molecule has 0 bridgehead atoms. The highest BCUT2D eigenvalue weighted by Gasteiger charge is 2.27. The van der Waals surface area contributed by atoms with Gasteiger partial charge in [0.1, 0.15) is 0 Å². The van der Waals surface area contributed by atoms with Crippen LogP contribution in [0.4, 0.5) is 11.9 Å². The second kappa shape index (κ2) is 6.43. The topological polar surface area (TPSA) is 66.4 Å². The van der Waals surface area contributed by atoms with Crippen LogP contribution in [0.2, 0.25) is 0 Å². The number of hydrogen-bond donors (Lipinski definition) is 1. The summed E-state index contributed by atoms with van der Waals surface area (Å²) in [5.74, 6) is 1.26. The Morgan fingerprint density at radius 3 is 2.38 bits per heavy atom. The van der Waals surface area contributed by atoms with Crippen LogP contribution in [0.25, 0.3) is 0 Å². The molecule has 0 atom stereocenters. The number of aromatic nitrogens is 3. The molecular weight excluding hydrogens is 268 g/mol. The van der Waals surface area contributed by atoms with E-state index >= 15 is 0 Å². The first-order valence-corrected chi connectivity index (χ1v) is 7.77. The minimum atomic E-state index is 0.363. The lowest BCUT2D eigenvalue weighted by Crippen LogP contribution is -2.50. The van der Waals surface area contributed by atoms with E-state index in [1.807, 2.05) is 0 Å². The Bertz CT molecular complexity index is 446. The van der Waals surface area contributed by atoms with Crippen molar-refractivity contribution in [3.8, 4) is 6.01 Å². The second-order valence-corrected chi connectivity index (χ2v) is 5.66. The molecule has 1 aliphatic heterocycles. The highest BCUT2D eigenvalue weighted by Crippen LogP contribution is 2.25. The average Bonchev–Trinajstić information content (AvgIpc) is 3.09. The van der Waals surface area contributed by atoms with Gasteiger partial charge in [0.2, 0.25) is 11.9 Å². The first kappa shape index (κ1) is 14.3. The molecule has 1 saturated carbocycles. The molecule has 1 aromatic rings. The number of hydrogen-bond acceptors (Lipinski definition) is 7. The van der Waals surface area contributed by atoms with Crippen LogP contribution in [0.5, 0.6) is 6.01 Å². The van der Waals surface area contributed by atoms with Crippen LogP contribution in [-0.4, -0.2) is 66.2 Å². The number of piperazine rings is 1. The van der Waals surface area contributed by atoms with E-state index < -0.39 is 0 Å². The van der Waals surface area contributed by atoms with Crippen LogP contribution in [-0.2, 0) is 0 Å². The standard InChI is InChI=1S/C14H24N6O/c1-15-12-16-13(18-14(17-12)21-2)20-9-7-19(8-10-20)11-5-3-4-6-11/h11H,3-10H2,1-2H3,(H,15,16,17,18). The molecule has 0 spiro atoms. The Labute approximate surface area is 125 Å². The van der Waals surface area contributed by atoms with Crippen LogP contribution < -0.4 is 15.0 Å². The maximum absolute atomic E-state index is 5.15. The van der Waals surface area contributed by atoms with Gasteiger partial charge in [0, 0.05) is 39.3 Å². The number of anilines is 2. The molecule has 0 radical (unpaired) electrons. The summed E-state index contributed by atoms with van der Waals surface area (Å²) in [6, 6.07) is 1.16. The first-order valence-electron chi connectivity index (χ1n) is 7.77. The Balaban J connectivity index is 1.65. The first-order chi connectivity index (χ1) is 10.3. The molecule has 7 heteroatoms. The summed E-state index contributed by atoms with van der Waals surface area (Å²) in [4.78, 5) is 17.8. The molecule has 0 unspecified atom stereocenters. The van der Waals surface area contributed by atoms with Crippen LogP contribution in [0.3, 0.4) is 0 Å². The monoisotopic (exact) mass is 292 g/mol. The summed E-state index contributed by atoms with van der Waals surface area (Å²) in [6.07, 6.45) is 5.51. The molecule has 2 heterocycles. The van der Waals surface area contributed by atoms with E-state index in [1.54, 1.807) is 14.2 Å². The maximum atomic E-state index is 5.15. The van der Waals surface area contributed by atoms with Gasteiger partial charge in [-0.1, -0.05) is 12.8 Å². The largest absolute Gasteiger partial charge is 0.467 e. The molecular formula is C14H24N6O. The van der Waals surface area contributed by atoms with E-state index in [4.69, 9.17) is 4.74 Å². The van der Waals surface area contributed by atoms with E-state index in [-0.39, 0.29) is 0 Å². The van der Waals surface area contributed by atoms with Crippen molar-refractivity contribution in [3.63, 3.8) is 0 Å². The van der Waals surface area contributed by atoms with E-state index in [1.165, 1.54) is 25.7 Å². The maximum Gasteiger partial charge on any atom is 0.322 e. The van der Waals surface area contributed by atoms with Crippen LogP contribution in [0, 0.1) is 0 Å². The van der Waals surface area contributed by atoms with Crippen LogP contribution in [0.1, 0.15) is 25.7 Å². The number of nitrogens with one attached hydrogen (secondary N) is 1. The van der Waals surface area contributed by atoms with Crippen molar-refractivity contribution in [3.05, 3.63) is 0 Å². The SMILES string of the molecule is CNc1nc(OC)nc(N2CCN(C3CCCC3)CC2)n1. The Kier molecular flexibility index (Phi) is 4.38. The lowest BCUT2D eigenvalue weighted by Gasteiger charge is -2.38. The number of methoxy groups -OCH3 is 1. The van der Waals surface area contributed by atoms with Crippen molar-refractivity contribution in [2.75, 3.05) is 50.6 Å². The van der Waals surface area contributed by atoms with Gasteiger partial charge in [-0.3, -0.25) is 4.90 Å². The van der Waals surface area contributed by atoms with Gasteiger partial charge in [-0.15, -0.1) is 0 Å². The fourth-order valence-electron chi connectivity index (χ4n) is 3.25. The highest BCUT2D eigenvalue weighted by molar-refractivity contribution is 5.38. The summed E-state index contributed by atoms with van der Waals surface area (Å²) < 4.78 is 5.15. The van der Waals surface area contributed by atoms with Gasteiger partial charge in [-0.05, 0) is 12.8 Å². The van der Waals surface area contributed by atoms with Gasteiger partial charge < -0.3 is 15.0 Å². The average molecular weight is 292 g/mol. The minimum Gasteiger partial charge on any atom is -0.467 e. The lowest BCUT2D eigenvalue weighted by molar-refractivity contribution is 0.186. The Hall–Kier alpha value is -1.63. The molecule has 116 valence electrons. The normalized spacial score (nSPS) is 20.8. The molecule has 2 fully saturated rings. The fraction of sp³-hybridized carbons (Fsp3) is 0.786. The molecule has 7 nitrogen and oxygen atoms in total. The van der Waals surface area contributed by atoms with Crippen LogP contribution >= 0.6 is 0 Å². The molecule has 2 aliphatic rings. The predicted molar refractivity (Wildman–Crippen MR) is 82.0 cm³/mol. The quantitative estimate of drug-likeness (QED) is 0.887. The number of ether oxygens (including phenoxy) is 1. The van der Waals surface area contributed by atoms with Gasteiger partial charge in [0.15, 0.2) is 0 Å². The van der Waals surface area contributed by atoms with Gasteiger partial charge in [0.25, 0.3) is 0 Å². The molecule has 21 heavy (non-hydrogen) atoms. The highest BCUT2D eigenvalue weighted by atomic mass is 16.5. The van der Waals surface area contributed by atoms with Crippen molar-refractivity contribution >= 4 is 11.9 Å². The third-order valence-electron chi connectivity index (χ3n) is 4.45. The molecule has 1 N–H and O–H groups in total. The van der Waals surface area contributed by atoms with E-state index in [0.717, 1.165) is 32.2 Å². The molecule has 1 saturated heterocycles. The van der Waals surface area contributed by atoms with Crippen molar-refractivity contribution in [1.82, 2.24) is 19.9 Å². The summed E-state index contributed by atoms with van der Waals surface area (Å²) >= 11 is 0. The van der Waals surface area contributed by atoms with Crippen molar-refractivity contribution in [2.24, 2.45) is 0 Å². The third-order valence-corrected chi connectivity index (χ3v) is 4.45. The summed E-state index contributed by atoms with van der Waals surface area (Å²) in [5.41, 5.74) is 0. The summed E-state index contributed by atoms with van der Waals surface area (Å²) in [6.45, 7) is 4.11. The van der Waals surface area contributed by atoms with Gasteiger partial charge in [0.05, 0.1) is 7.11 Å². The van der Waals surface area contributed by atoms with Crippen molar-refractivity contribution in [1.29, 1.82) is 0 Å². The second-order valence-electron chi connectivity index (χ2n) is 5.66. The van der Waals surface area contributed by atoms with Gasteiger partial charge >= 0.3 is 6.01 Å². The van der Waals surface area contributed by atoms with E-state index in [9.17, 15) is 0 Å². The summed E-state index contributed by atoms with van der Waals surface area (Å²) in [7, 11) is 3.38. The number of rotatable bonds is 4. The van der Waals surface area contributed by atoms with Crippen LogP contribution in [0.15, 0.2) is 0 Å². The molecule has 3 rings (SSSR count). The molecule has 0 aromatic carbocycles. The lowest BCUT2D eigenvalue weighted by atomic mass is 10.2. The summed E-state index contributed by atoms with van der Waals surface area (Å²) in [5, 5.41) is 2.96. The fourth-order valence-corrected chi connectivity index (χ4v) is 3.25. The van der Waals surface area contributed by atoms with Crippen molar-refractivity contribution in [2.45, 2.75) is 31.7 Å². The third kappa shape index (κ3) is 3.18. The van der Waals surface area contributed by atoms with Gasteiger partial charge in [-0.2, -0.15) is 15.0 Å². The molecule has 1 aliphatic carbocycles. The zero-order valence-electron chi connectivity index (χ0n) is 12.9. The molecule has 1 aromatic heterocycles. The zero-order chi connectivity index (χ0) is 14.7. The Morgan fingerprint density at radius 1 is 1.05 bits per heavy atom.